The lowest BCUT2D eigenvalue weighted by molar-refractivity contribution is 0.118. The second-order valence-electron chi connectivity index (χ2n) is 4.26. The molecule has 1 atom stereocenters. The highest BCUT2D eigenvalue weighted by atomic mass is 16.3. The van der Waals surface area contributed by atoms with Crippen molar-refractivity contribution in [2.45, 2.75) is 12.5 Å². The van der Waals surface area contributed by atoms with E-state index in [1.807, 2.05) is 17.0 Å². The van der Waals surface area contributed by atoms with Crippen molar-refractivity contribution in [3.05, 3.63) is 29.8 Å². The summed E-state index contributed by atoms with van der Waals surface area (Å²) in [4.78, 5) is 1.92. The smallest absolute Gasteiger partial charge is 0.0802 e. The fourth-order valence-corrected chi connectivity index (χ4v) is 1.81. The van der Waals surface area contributed by atoms with E-state index in [2.05, 4.69) is 0 Å². The van der Waals surface area contributed by atoms with Crippen LogP contribution in [0.4, 0.5) is 5.69 Å². The number of benzene rings is 1. The first-order valence-electron chi connectivity index (χ1n) is 6.15. The van der Waals surface area contributed by atoms with Crippen LogP contribution in [0.15, 0.2) is 24.3 Å². The van der Waals surface area contributed by atoms with Gasteiger partial charge in [0.25, 0.3) is 0 Å². The van der Waals surface area contributed by atoms with Crippen LogP contribution in [0.3, 0.4) is 0 Å². The van der Waals surface area contributed by atoms with Gasteiger partial charge in [0.2, 0.25) is 0 Å². The van der Waals surface area contributed by atoms with Gasteiger partial charge in [-0.2, -0.15) is 0 Å². The lowest BCUT2D eigenvalue weighted by Crippen LogP contribution is -2.31. The number of nitrogens with zero attached hydrogens (tertiary/aromatic N) is 1. The predicted octanol–water partition coefficient (Wildman–Crippen LogP) is -0.0211. The highest BCUT2D eigenvalue weighted by Crippen LogP contribution is 2.18. The highest BCUT2D eigenvalue weighted by molar-refractivity contribution is 5.39. The first kappa shape index (κ1) is 14.9. The SMILES string of the molecule is Nc1ccc(C(O)CCN(CCO)CCO)cc1. The second-order valence-corrected chi connectivity index (χ2v) is 4.26. The molecule has 0 amide bonds. The Bertz CT molecular complexity index is 324. The molecule has 0 radical (unpaired) electrons. The Morgan fingerprint density at radius 2 is 1.56 bits per heavy atom. The van der Waals surface area contributed by atoms with Gasteiger partial charge in [0.05, 0.1) is 19.3 Å². The minimum Gasteiger partial charge on any atom is -0.399 e. The molecule has 0 aliphatic heterocycles. The monoisotopic (exact) mass is 254 g/mol. The van der Waals surface area contributed by atoms with E-state index in [0.717, 1.165) is 5.56 Å². The summed E-state index contributed by atoms with van der Waals surface area (Å²) < 4.78 is 0. The molecule has 0 heterocycles. The molecule has 1 aromatic rings. The van der Waals surface area contributed by atoms with Gasteiger partial charge >= 0.3 is 0 Å². The summed E-state index contributed by atoms with van der Waals surface area (Å²) in [5, 5.41) is 27.8. The maximum atomic E-state index is 10.0. The van der Waals surface area contributed by atoms with Gasteiger partial charge in [0.1, 0.15) is 0 Å². The molecule has 5 N–H and O–H groups in total. The Morgan fingerprint density at radius 3 is 2.06 bits per heavy atom. The number of nitrogen functional groups attached to an aromatic ring is 1. The summed E-state index contributed by atoms with van der Waals surface area (Å²) in [5.41, 5.74) is 7.09. The third kappa shape index (κ3) is 5.01. The van der Waals surface area contributed by atoms with Crippen molar-refractivity contribution in [3.8, 4) is 0 Å². The number of nitrogens with two attached hydrogens (primary N) is 1. The van der Waals surface area contributed by atoms with Crippen LogP contribution in [-0.2, 0) is 0 Å². The van der Waals surface area contributed by atoms with Crippen molar-refractivity contribution >= 4 is 5.69 Å². The lowest BCUT2D eigenvalue weighted by Gasteiger charge is -2.21. The first-order chi connectivity index (χ1) is 8.67. The van der Waals surface area contributed by atoms with Gasteiger partial charge in [0, 0.05) is 25.3 Å². The van der Waals surface area contributed by atoms with E-state index in [9.17, 15) is 5.11 Å². The molecular weight excluding hydrogens is 232 g/mol. The van der Waals surface area contributed by atoms with E-state index in [0.29, 0.717) is 31.7 Å². The van der Waals surface area contributed by atoms with Crippen LogP contribution in [-0.4, -0.2) is 53.1 Å². The fraction of sp³-hybridized carbons (Fsp3) is 0.538. The average Bonchev–Trinajstić information content (AvgIpc) is 2.37. The summed E-state index contributed by atoms with van der Waals surface area (Å²) in [6.07, 6.45) is 0.00897. The van der Waals surface area contributed by atoms with Crippen LogP contribution >= 0.6 is 0 Å². The summed E-state index contributed by atoms with van der Waals surface area (Å²) in [5.74, 6) is 0. The molecule has 0 aliphatic rings. The average molecular weight is 254 g/mol. The Balaban J connectivity index is 2.43. The fourth-order valence-electron chi connectivity index (χ4n) is 1.81. The highest BCUT2D eigenvalue weighted by Gasteiger charge is 2.10. The summed E-state index contributed by atoms with van der Waals surface area (Å²) in [7, 11) is 0. The van der Waals surface area contributed by atoms with Gasteiger partial charge in [-0.1, -0.05) is 12.1 Å². The minimum atomic E-state index is -0.550. The molecule has 0 fully saturated rings. The first-order valence-corrected chi connectivity index (χ1v) is 6.15. The molecular formula is C13H22N2O3. The van der Waals surface area contributed by atoms with Crippen molar-refractivity contribution in [2.24, 2.45) is 0 Å². The Hall–Kier alpha value is -1.14. The van der Waals surface area contributed by atoms with Crippen LogP contribution in [0.25, 0.3) is 0 Å². The Morgan fingerprint density at radius 1 is 1.00 bits per heavy atom. The number of hydrogen-bond acceptors (Lipinski definition) is 5. The van der Waals surface area contributed by atoms with Crippen molar-refractivity contribution in [3.63, 3.8) is 0 Å². The largest absolute Gasteiger partial charge is 0.399 e. The van der Waals surface area contributed by atoms with E-state index >= 15 is 0 Å². The lowest BCUT2D eigenvalue weighted by atomic mass is 10.1. The van der Waals surface area contributed by atoms with Gasteiger partial charge in [-0.05, 0) is 24.1 Å². The van der Waals surface area contributed by atoms with Gasteiger partial charge in [-0.25, -0.2) is 0 Å². The number of anilines is 1. The molecule has 5 nitrogen and oxygen atoms in total. The molecule has 0 bridgehead atoms. The number of aliphatic hydroxyl groups excluding tert-OH is 3. The Labute approximate surface area is 107 Å². The predicted molar refractivity (Wildman–Crippen MR) is 71.0 cm³/mol. The van der Waals surface area contributed by atoms with Crippen molar-refractivity contribution in [1.82, 2.24) is 4.90 Å². The quantitative estimate of drug-likeness (QED) is 0.490. The van der Waals surface area contributed by atoms with E-state index in [-0.39, 0.29) is 13.2 Å². The molecule has 0 aromatic heterocycles. The van der Waals surface area contributed by atoms with Gasteiger partial charge in [0.15, 0.2) is 0 Å². The molecule has 0 aliphatic carbocycles. The van der Waals surface area contributed by atoms with E-state index < -0.39 is 6.10 Å². The third-order valence-electron chi connectivity index (χ3n) is 2.87. The van der Waals surface area contributed by atoms with Crippen LogP contribution in [0.2, 0.25) is 0 Å². The van der Waals surface area contributed by atoms with Crippen LogP contribution in [0, 0.1) is 0 Å². The number of aliphatic hydroxyl groups is 3. The normalized spacial score (nSPS) is 12.9. The minimum absolute atomic E-state index is 0.0535. The van der Waals surface area contributed by atoms with E-state index in [1.54, 1.807) is 12.1 Å². The zero-order chi connectivity index (χ0) is 13.4. The van der Waals surface area contributed by atoms with E-state index in [1.165, 1.54) is 0 Å². The van der Waals surface area contributed by atoms with Crippen molar-refractivity contribution in [1.29, 1.82) is 0 Å². The Kier molecular flexibility index (Phi) is 6.67. The van der Waals surface area contributed by atoms with Gasteiger partial charge in [-0.15, -0.1) is 0 Å². The molecule has 0 saturated heterocycles. The summed E-state index contributed by atoms with van der Waals surface area (Å²) in [6.45, 7) is 1.76. The standard InChI is InChI=1S/C13H22N2O3/c14-12-3-1-11(2-4-12)13(18)5-6-15(7-9-16)8-10-17/h1-4,13,16-18H,5-10,14H2. The molecule has 5 heteroatoms. The molecule has 0 spiro atoms. The zero-order valence-electron chi connectivity index (χ0n) is 10.5. The molecule has 1 rings (SSSR count). The summed E-state index contributed by atoms with van der Waals surface area (Å²) >= 11 is 0. The molecule has 1 unspecified atom stereocenters. The molecule has 1 aromatic carbocycles. The van der Waals surface area contributed by atoms with Crippen LogP contribution in [0.5, 0.6) is 0 Å². The van der Waals surface area contributed by atoms with E-state index in [4.69, 9.17) is 15.9 Å². The van der Waals surface area contributed by atoms with Gasteiger partial charge in [-0.3, -0.25) is 4.90 Å². The van der Waals surface area contributed by atoms with Crippen LogP contribution in [0.1, 0.15) is 18.1 Å². The second kappa shape index (κ2) is 8.05. The van der Waals surface area contributed by atoms with Crippen molar-refractivity contribution in [2.75, 3.05) is 38.6 Å². The molecule has 18 heavy (non-hydrogen) atoms. The maximum Gasteiger partial charge on any atom is 0.0802 e. The number of rotatable bonds is 8. The van der Waals surface area contributed by atoms with Crippen LogP contribution < -0.4 is 5.73 Å². The third-order valence-corrected chi connectivity index (χ3v) is 2.87. The molecule has 102 valence electrons. The zero-order valence-corrected chi connectivity index (χ0v) is 10.5. The topological polar surface area (TPSA) is 90.0 Å². The van der Waals surface area contributed by atoms with Gasteiger partial charge < -0.3 is 21.1 Å². The van der Waals surface area contributed by atoms with Crippen molar-refractivity contribution < 1.29 is 15.3 Å². The molecule has 0 saturated carbocycles. The number of hydrogen-bond donors (Lipinski definition) is 4. The summed E-state index contributed by atoms with van der Waals surface area (Å²) in [6, 6.07) is 7.14. The maximum absolute atomic E-state index is 10.0.